The lowest BCUT2D eigenvalue weighted by molar-refractivity contribution is -0.145. The molecule has 5 heteroatoms. The van der Waals surface area contributed by atoms with Gasteiger partial charge in [0.1, 0.15) is 6.04 Å². The number of ether oxygens (including phenoxy) is 1. The Morgan fingerprint density at radius 2 is 2.20 bits per heavy atom. The van der Waals surface area contributed by atoms with Gasteiger partial charge in [-0.15, -0.1) is 0 Å². The molecular formula is C10H18N2O3. The van der Waals surface area contributed by atoms with Crippen molar-refractivity contribution in [1.29, 1.82) is 0 Å². The highest BCUT2D eigenvalue weighted by atomic mass is 16.5. The van der Waals surface area contributed by atoms with Gasteiger partial charge in [0, 0.05) is 6.54 Å². The molecule has 0 bridgehead atoms. The first-order valence-corrected chi connectivity index (χ1v) is 5.11. The topological polar surface area (TPSA) is 58.6 Å². The molecule has 15 heavy (non-hydrogen) atoms. The molecule has 1 aliphatic heterocycles. The number of nitrogens with zero attached hydrogens (tertiary/aromatic N) is 1. The Bertz CT molecular complexity index is 255. The summed E-state index contributed by atoms with van der Waals surface area (Å²) in [5.74, 6) is -0.464. The van der Waals surface area contributed by atoms with Crippen LogP contribution in [0.15, 0.2) is 0 Å². The van der Waals surface area contributed by atoms with E-state index in [0.717, 1.165) is 19.5 Å². The predicted molar refractivity (Wildman–Crippen MR) is 55.2 cm³/mol. The monoisotopic (exact) mass is 214 g/mol. The fraction of sp³-hybridized carbons (Fsp3) is 0.800. The Kier molecular flexibility index (Phi) is 4.08. The van der Waals surface area contributed by atoms with Crippen molar-refractivity contribution >= 4 is 11.9 Å². The molecule has 0 radical (unpaired) electrons. The van der Waals surface area contributed by atoms with E-state index in [0.29, 0.717) is 0 Å². The van der Waals surface area contributed by atoms with Crippen LogP contribution < -0.4 is 5.32 Å². The van der Waals surface area contributed by atoms with Crippen molar-refractivity contribution in [2.45, 2.75) is 19.4 Å². The fourth-order valence-corrected chi connectivity index (χ4v) is 1.72. The van der Waals surface area contributed by atoms with Crippen LogP contribution in [0.5, 0.6) is 0 Å². The van der Waals surface area contributed by atoms with Crippen LogP contribution >= 0.6 is 0 Å². The SMILES string of the molecule is COC(=O)C(C)NC(=O)C1CCN(C)C1. The lowest BCUT2D eigenvalue weighted by atomic mass is 10.1. The van der Waals surface area contributed by atoms with Crippen LogP contribution in [0.3, 0.4) is 0 Å². The molecule has 0 aromatic carbocycles. The van der Waals surface area contributed by atoms with Gasteiger partial charge in [0.25, 0.3) is 0 Å². The Hall–Kier alpha value is -1.10. The third-order valence-electron chi connectivity index (χ3n) is 2.68. The summed E-state index contributed by atoms with van der Waals surface area (Å²) in [6.45, 7) is 3.33. The van der Waals surface area contributed by atoms with Gasteiger partial charge >= 0.3 is 5.97 Å². The quantitative estimate of drug-likeness (QED) is 0.650. The molecule has 2 unspecified atom stereocenters. The maximum Gasteiger partial charge on any atom is 0.328 e. The third kappa shape index (κ3) is 3.20. The van der Waals surface area contributed by atoms with Gasteiger partial charge in [0.15, 0.2) is 0 Å². The second-order valence-electron chi connectivity index (χ2n) is 4.00. The Morgan fingerprint density at radius 3 is 2.67 bits per heavy atom. The van der Waals surface area contributed by atoms with E-state index < -0.39 is 12.0 Å². The van der Waals surface area contributed by atoms with Crippen molar-refractivity contribution in [2.24, 2.45) is 5.92 Å². The zero-order chi connectivity index (χ0) is 11.4. The molecule has 1 amide bonds. The molecule has 0 aromatic rings. The molecule has 1 rings (SSSR count). The van der Waals surface area contributed by atoms with Crippen LogP contribution in [-0.2, 0) is 14.3 Å². The highest BCUT2D eigenvalue weighted by molar-refractivity contribution is 5.85. The molecule has 0 saturated carbocycles. The normalized spacial score (nSPS) is 23.5. The lowest BCUT2D eigenvalue weighted by Crippen LogP contribution is -2.42. The average molecular weight is 214 g/mol. The van der Waals surface area contributed by atoms with E-state index in [1.165, 1.54) is 7.11 Å². The van der Waals surface area contributed by atoms with E-state index in [9.17, 15) is 9.59 Å². The van der Waals surface area contributed by atoms with Crippen molar-refractivity contribution in [1.82, 2.24) is 10.2 Å². The summed E-state index contributed by atoms with van der Waals surface area (Å²) in [4.78, 5) is 24.9. The van der Waals surface area contributed by atoms with Crippen molar-refractivity contribution in [3.63, 3.8) is 0 Å². The Balaban J connectivity index is 2.38. The lowest BCUT2D eigenvalue weighted by Gasteiger charge is -2.15. The highest BCUT2D eigenvalue weighted by Crippen LogP contribution is 2.14. The van der Waals surface area contributed by atoms with Gasteiger partial charge in [-0.05, 0) is 26.9 Å². The van der Waals surface area contributed by atoms with E-state index >= 15 is 0 Å². The molecule has 0 aliphatic carbocycles. The van der Waals surface area contributed by atoms with Gasteiger partial charge in [-0.1, -0.05) is 0 Å². The van der Waals surface area contributed by atoms with Gasteiger partial charge < -0.3 is 15.0 Å². The summed E-state index contributed by atoms with van der Waals surface area (Å²) in [6, 6.07) is -0.562. The molecule has 1 fully saturated rings. The fourth-order valence-electron chi connectivity index (χ4n) is 1.72. The molecule has 86 valence electrons. The van der Waals surface area contributed by atoms with Crippen molar-refractivity contribution in [2.75, 3.05) is 27.2 Å². The molecule has 1 N–H and O–H groups in total. The second kappa shape index (κ2) is 5.11. The summed E-state index contributed by atoms with van der Waals surface area (Å²) < 4.78 is 4.53. The standard InChI is InChI=1S/C10H18N2O3/c1-7(10(14)15-3)11-9(13)8-4-5-12(2)6-8/h7-8H,4-6H2,1-3H3,(H,11,13). The summed E-state index contributed by atoms with van der Waals surface area (Å²) >= 11 is 0. The van der Waals surface area contributed by atoms with Gasteiger partial charge in [-0.25, -0.2) is 4.79 Å². The number of likely N-dealkylation sites (tertiary alicyclic amines) is 1. The largest absolute Gasteiger partial charge is 0.467 e. The van der Waals surface area contributed by atoms with Gasteiger partial charge in [-0.2, -0.15) is 0 Å². The van der Waals surface area contributed by atoms with Crippen LogP contribution in [0.25, 0.3) is 0 Å². The van der Waals surface area contributed by atoms with Crippen LogP contribution in [-0.4, -0.2) is 50.1 Å². The van der Waals surface area contributed by atoms with Gasteiger partial charge in [0.05, 0.1) is 13.0 Å². The summed E-state index contributed by atoms with van der Waals surface area (Å²) in [6.07, 6.45) is 0.857. The number of esters is 1. The number of methoxy groups -OCH3 is 1. The van der Waals surface area contributed by atoms with E-state index in [4.69, 9.17) is 0 Å². The summed E-state index contributed by atoms with van der Waals surface area (Å²) in [7, 11) is 3.30. The number of carbonyl (C=O) groups excluding carboxylic acids is 2. The van der Waals surface area contributed by atoms with E-state index in [2.05, 4.69) is 15.0 Å². The van der Waals surface area contributed by atoms with Crippen molar-refractivity contribution in [3.05, 3.63) is 0 Å². The van der Waals surface area contributed by atoms with Crippen LogP contribution in [0.1, 0.15) is 13.3 Å². The maximum absolute atomic E-state index is 11.7. The Morgan fingerprint density at radius 1 is 1.53 bits per heavy atom. The smallest absolute Gasteiger partial charge is 0.328 e. The first kappa shape index (κ1) is 12.0. The Labute approximate surface area is 89.8 Å². The minimum Gasteiger partial charge on any atom is -0.467 e. The third-order valence-corrected chi connectivity index (χ3v) is 2.68. The molecule has 1 aliphatic rings. The molecule has 0 spiro atoms. The minimum absolute atomic E-state index is 0.00195. The number of rotatable bonds is 3. The number of hydrogen-bond donors (Lipinski definition) is 1. The molecular weight excluding hydrogens is 196 g/mol. The number of carbonyl (C=O) groups is 2. The molecule has 2 atom stereocenters. The van der Waals surface area contributed by atoms with Crippen molar-refractivity contribution in [3.8, 4) is 0 Å². The van der Waals surface area contributed by atoms with E-state index in [1.807, 2.05) is 7.05 Å². The highest BCUT2D eigenvalue weighted by Gasteiger charge is 2.28. The van der Waals surface area contributed by atoms with Crippen LogP contribution in [0.4, 0.5) is 0 Å². The zero-order valence-electron chi connectivity index (χ0n) is 9.45. The predicted octanol–water partition coefficient (Wildman–Crippen LogP) is -0.384. The molecule has 0 aromatic heterocycles. The van der Waals surface area contributed by atoms with E-state index in [-0.39, 0.29) is 11.8 Å². The molecule has 5 nitrogen and oxygen atoms in total. The van der Waals surface area contributed by atoms with Crippen LogP contribution in [0.2, 0.25) is 0 Å². The minimum atomic E-state index is -0.562. The number of amides is 1. The first-order chi connectivity index (χ1) is 7.04. The van der Waals surface area contributed by atoms with E-state index in [1.54, 1.807) is 6.92 Å². The van der Waals surface area contributed by atoms with Crippen LogP contribution in [0, 0.1) is 5.92 Å². The zero-order valence-corrected chi connectivity index (χ0v) is 9.45. The van der Waals surface area contributed by atoms with Gasteiger partial charge in [-0.3, -0.25) is 4.79 Å². The average Bonchev–Trinajstić information content (AvgIpc) is 2.63. The summed E-state index contributed by atoms with van der Waals surface area (Å²) in [5, 5.41) is 2.65. The number of nitrogens with one attached hydrogen (secondary N) is 1. The maximum atomic E-state index is 11.7. The number of hydrogen-bond acceptors (Lipinski definition) is 4. The second-order valence-corrected chi connectivity index (χ2v) is 4.00. The summed E-state index contributed by atoms with van der Waals surface area (Å²) in [5.41, 5.74) is 0. The molecule has 1 heterocycles. The molecule has 1 saturated heterocycles. The van der Waals surface area contributed by atoms with Gasteiger partial charge in [0.2, 0.25) is 5.91 Å². The first-order valence-electron chi connectivity index (χ1n) is 5.11. The van der Waals surface area contributed by atoms with Crippen molar-refractivity contribution < 1.29 is 14.3 Å².